The Morgan fingerprint density at radius 3 is 2.67 bits per heavy atom. The lowest BCUT2D eigenvalue weighted by Crippen LogP contribution is -2.17. The van der Waals surface area contributed by atoms with Gasteiger partial charge in [-0.05, 0) is 17.8 Å². The van der Waals surface area contributed by atoms with Gasteiger partial charge in [0.25, 0.3) is 11.1 Å². The van der Waals surface area contributed by atoms with Gasteiger partial charge < -0.3 is 5.11 Å². The smallest absolute Gasteiger partial charge is 0.311 e. The molecule has 0 bridgehead atoms. The molecule has 1 aliphatic rings. The number of imide groups is 1. The number of carbonyl (C=O) groups excluding carboxylic acids is 2. The topological polar surface area (TPSA) is 110 Å². The molecule has 0 unspecified atom stereocenters. The zero-order valence-electron chi connectivity index (χ0n) is 8.75. The van der Waals surface area contributed by atoms with E-state index in [4.69, 9.17) is 0 Å². The summed E-state index contributed by atoms with van der Waals surface area (Å²) in [6, 6.07) is 3.93. The molecule has 0 atom stereocenters. The van der Waals surface area contributed by atoms with Gasteiger partial charge in [0.1, 0.15) is 0 Å². The van der Waals surface area contributed by atoms with Crippen molar-refractivity contribution in [1.82, 2.24) is 5.32 Å². The van der Waals surface area contributed by atoms with Gasteiger partial charge in [-0.1, -0.05) is 12.1 Å². The maximum absolute atomic E-state index is 11.3. The first-order chi connectivity index (χ1) is 8.49. The van der Waals surface area contributed by atoms with Gasteiger partial charge >= 0.3 is 5.69 Å². The molecule has 0 saturated carbocycles. The SMILES string of the molecule is O=C1NC(=O)/C(=C/c2cccc([N+](=O)[O-])c2O)S1. The molecule has 0 aliphatic carbocycles. The number of aromatic hydroxyl groups is 1. The van der Waals surface area contributed by atoms with Gasteiger partial charge in [-0.2, -0.15) is 0 Å². The molecule has 1 heterocycles. The van der Waals surface area contributed by atoms with Gasteiger partial charge in [-0.3, -0.25) is 25.0 Å². The van der Waals surface area contributed by atoms with Crippen molar-refractivity contribution >= 4 is 34.7 Å². The lowest BCUT2D eigenvalue weighted by atomic mass is 10.1. The molecule has 0 spiro atoms. The predicted octanol–water partition coefficient (Wildman–Crippen LogP) is 1.62. The van der Waals surface area contributed by atoms with Crippen LogP contribution in [-0.4, -0.2) is 21.2 Å². The summed E-state index contributed by atoms with van der Waals surface area (Å²) in [5, 5.41) is 21.8. The van der Waals surface area contributed by atoms with Crippen LogP contribution in [0.25, 0.3) is 6.08 Å². The molecular formula is C10H6N2O5S. The van der Waals surface area contributed by atoms with Crippen LogP contribution in [0.15, 0.2) is 23.1 Å². The molecule has 1 aromatic carbocycles. The minimum absolute atomic E-state index is 0.0794. The number of nitro benzene ring substituents is 1. The summed E-state index contributed by atoms with van der Waals surface area (Å²) in [4.78, 5) is 32.2. The number of phenols is 1. The Morgan fingerprint density at radius 2 is 2.11 bits per heavy atom. The van der Waals surface area contributed by atoms with E-state index in [-0.39, 0.29) is 10.5 Å². The molecule has 0 aromatic heterocycles. The zero-order chi connectivity index (χ0) is 13.3. The van der Waals surface area contributed by atoms with Crippen LogP contribution in [0.2, 0.25) is 0 Å². The summed E-state index contributed by atoms with van der Waals surface area (Å²) < 4.78 is 0. The Bertz CT molecular complexity index is 596. The van der Waals surface area contributed by atoms with Crippen LogP contribution < -0.4 is 5.32 Å². The second kappa shape index (κ2) is 4.49. The fraction of sp³-hybridized carbons (Fsp3) is 0. The monoisotopic (exact) mass is 266 g/mol. The largest absolute Gasteiger partial charge is 0.502 e. The summed E-state index contributed by atoms with van der Waals surface area (Å²) in [5.74, 6) is -1.13. The molecule has 2 amide bonds. The fourth-order valence-electron chi connectivity index (χ4n) is 1.37. The molecule has 2 rings (SSSR count). The average molecular weight is 266 g/mol. The van der Waals surface area contributed by atoms with Crippen molar-refractivity contribution in [3.05, 3.63) is 38.8 Å². The predicted molar refractivity (Wildman–Crippen MR) is 63.9 cm³/mol. The highest BCUT2D eigenvalue weighted by molar-refractivity contribution is 8.18. The van der Waals surface area contributed by atoms with E-state index in [0.29, 0.717) is 11.8 Å². The molecule has 1 aliphatic heterocycles. The molecule has 0 radical (unpaired) electrons. The van der Waals surface area contributed by atoms with Crippen LogP contribution in [0.4, 0.5) is 10.5 Å². The normalized spacial score (nSPS) is 17.0. The summed E-state index contributed by atoms with van der Waals surface area (Å²) in [6.45, 7) is 0. The first kappa shape index (κ1) is 12.1. The van der Waals surface area contributed by atoms with Crippen LogP contribution in [0.5, 0.6) is 5.75 Å². The Hall–Kier alpha value is -2.35. The van der Waals surface area contributed by atoms with Gasteiger partial charge in [-0.15, -0.1) is 0 Å². The molecule has 1 fully saturated rings. The molecule has 92 valence electrons. The third kappa shape index (κ3) is 2.18. The summed E-state index contributed by atoms with van der Waals surface area (Å²) in [5.41, 5.74) is -0.351. The molecular weight excluding hydrogens is 260 g/mol. The van der Waals surface area contributed by atoms with Crippen molar-refractivity contribution in [3.8, 4) is 5.75 Å². The van der Waals surface area contributed by atoms with Crippen LogP contribution >= 0.6 is 11.8 Å². The number of nitrogens with zero attached hydrogens (tertiary/aromatic N) is 1. The first-order valence-corrected chi connectivity index (χ1v) is 5.52. The third-order valence-corrected chi connectivity index (χ3v) is 2.98. The van der Waals surface area contributed by atoms with Crippen molar-refractivity contribution in [2.24, 2.45) is 0 Å². The van der Waals surface area contributed by atoms with E-state index in [2.05, 4.69) is 0 Å². The Kier molecular flexibility index (Phi) is 3.02. The van der Waals surface area contributed by atoms with E-state index in [9.17, 15) is 24.8 Å². The number of amides is 2. The number of phenolic OH excluding ortho intramolecular Hbond substituents is 1. The Morgan fingerprint density at radius 1 is 1.39 bits per heavy atom. The Labute approximate surface area is 105 Å². The number of para-hydroxylation sites is 1. The van der Waals surface area contributed by atoms with Crippen LogP contribution in [0.3, 0.4) is 0 Å². The summed E-state index contributed by atoms with van der Waals surface area (Å²) in [6.07, 6.45) is 1.23. The minimum atomic E-state index is -0.732. The lowest BCUT2D eigenvalue weighted by molar-refractivity contribution is -0.385. The molecule has 7 nitrogen and oxygen atoms in total. The van der Waals surface area contributed by atoms with Crippen molar-refractivity contribution in [2.45, 2.75) is 0 Å². The molecule has 1 aromatic rings. The second-order valence-corrected chi connectivity index (χ2v) is 4.34. The minimum Gasteiger partial charge on any atom is -0.502 e. The number of nitro groups is 1. The van der Waals surface area contributed by atoms with Crippen LogP contribution in [-0.2, 0) is 4.79 Å². The van der Waals surface area contributed by atoms with E-state index < -0.39 is 27.5 Å². The third-order valence-electron chi connectivity index (χ3n) is 2.17. The number of carbonyl (C=O) groups is 2. The maximum Gasteiger partial charge on any atom is 0.311 e. The van der Waals surface area contributed by atoms with E-state index in [1.807, 2.05) is 5.32 Å². The van der Waals surface area contributed by atoms with Crippen molar-refractivity contribution in [2.75, 3.05) is 0 Å². The van der Waals surface area contributed by atoms with E-state index >= 15 is 0 Å². The van der Waals surface area contributed by atoms with Gasteiger partial charge in [-0.25, -0.2) is 0 Å². The average Bonchev–Trinajstić information content (AvgIpc) is 2.60. The van der Waals surface area contributed by atoms with E-state index in [1.54, 1.807) is 0 Å². The van der Waals surface area contributed by atoms with Gasteiger partial charge in [0.15, 0.2) is 0 Å². The molecule has 2 N–H and O–H groups in total. The highest BCUT2D eigenvalue weighted by atomic mass is 32.2. The summed E-state index contributed by atoms with van der Waals surface area (Å²) >= 11 is 0.672. The van der Waals surface area contributed by atoms with Crippen molar-refractivity contribution < 1.29 is 19.6 Å². The quantitative estimate of drug-likeness (QED) is 0.478. The number of benzene rings is 1. The van der Waals surface area contributed by atoms with E-state index in [0.717, 1.165) is 6.07 Å². The standard InChI is InChI=1S/C10H6N2O5S/c13-8-5(2-1-3-6(8)12(16)17)4-7-9(14)11-10(15)18-7/h1-4,13H,(H,11,14,15)/b7-4-. The highest BCUT2D eigenvalue weighted by Crippen LogP contribution is 2.33. The van der Waals surface area contributed by atoms with Crippen LogP contribution in [0, 0.1) is 10.1 Å². The number of hydrogen-bond donors (Lipinski definition) is 2. The molecule has 1 saturated heterocycles. The van der Waals surface area contributed by atoms with Crippen molar-refractivity contribution in [1.29, 1.82) is 0 Å². The molecule has 8 heteroatoms. The number of thioether (sulfide) groups is 1. The lowest BCUT2D eigenvalue weighted by Gasteiger charge is -2.00. The maximum atomic E-state index is 11.3. The Balaban J connectivity index is 2.44. The van der Waals surface area contributed by atoms with Crippen LogP contribution in [0.1, 0.15) is 5.56 Å². The van der Waals surface area contributed by atoms with Gasteiger partial charge in [0, 0.05) is 11.6 Å². The second-order valence-electron chi connectivity index (χ2n) is 3.32. The zero-order valence-corrected chi connectivity index (χ0v) is 9.56. The highest BCUT2D eigenvalue weighted by Gasteiger charge is 2.26. The summed E-state index contributed by atoms with van der Waals surface area (Å²) in [7, 11) is 0. The number of nitrogens with one attached hydrogen (secondary N) is 1. The number of hydrogen-bond acceptors (Lipinski definition) is 6. The fourth-order valence-corrected chi connectivity index (χ4v) is 2.05. The number of rotatable bonds is 2. The molecule has 18 heavy (non-hydrogen) atoms. The van der Waals surface area contributed by atoms with Crippen molar-refractivity contribution in [3.63, 3.8) is 0 Å². The first-order valence-electron chi connectivity index (χ1n) is 4.70. The van der Waals surface area contributed by atoms with Gasteiger partial charge in [0.2, 0.25) is 5.75 Å². The van der Waals surface area contributed by atoms with Gasteiger partial charge in [0.05, 0.1) is 9.83 Å². The van der Waals surface area contributed by atoms with E-state index in [1.165, 1.54) is 18.2 Å².